The number of carbonyl (C=O) groups excluding carboxylic acids is 2. The fourth-order valence-electron chi connectivity index (χ4n) is 3.21. The molecule has 1 heterocycles. The molecule has 2 aromatic rings. The third-order valence-corrected chi connectivity index (χ3v) is 6.90. The predicted octanol–water partition coefficient (Wildman–Crippen LogP) is 2.51. The number of ether oxygens (including phenoxy) is 2. The summed E-state index contributed by atoms with van der Waals surface area (Å²) in [5.74, 6) is -1.09. The smallest absolute Gasteiger partial charge is 0.339 e. The average molecular weight is 447 g/mol. The van der Waals surface area contributed by atoms with Gasteiger partial charge in [0.2, 0.25) is 10.0 Å². The Morgan fingerprint density at radius 1 is 1.06 bits per heavy atom. The van der Waals surface area contributed by atoms with Crippen LogP contribution in [0.1, 0.15) is 28.4 Å². The van der Waals surface area contributed by atoms with Crippen molar-refractivity contribution in [3.63, 3.8) is 0 Å². The van der Waals surface area contributed by atoms with Crippen molar-refractivity contribution in [1.29, 1.82) is 0 Å². The number of amides is 1. The number of morpholine rings is 1. The molecule has 0 spiro atoms. The van der Waals surface area contributed by atoms with Gasteiger partial charge in [0.15, 0.2) is 6.10 Å². The van der Waals surface area contributed by atoms with E-state index in [0.717, 1.165) is 11.1 Å². The van der Waals surface area contributed by atoms with Crippen molar-refractivity contribution in [2.45, 2.75) is 31.8 Å². The van der Waals surface area contributed by atoms with Crippen molar-refractivity contribution in [2.24, 2.45) is 0 Å². The lowest BCUT2D eigenvalue weighted by Crippen LogP contribution is -2.40. The summed E-state index contributed by atoms with van der Waals surface area (Å²) in [7, 11) is -3.61. The lowest BCUT2D eigenvalue weighted by molar-refractivity contribution is -0.123. The second-order valence-electron chi connectivity index (χ2n) is 7.40. The molecule has 0 bridgehead atoms. The van der Waals surface area contributed by atoms with E-state index in [1.165, 1.54) is 35.5 Å². The molecular weight excluding hydrogens is 420 g/mol. The van der Waals surface area contributed by atoms with Crippen molar-refractivity contribution >= 4 is 27.6 Å². The molecule has 3 rings (SSSR count). The highest BCUT2D eigenvalue weighted by atomic mass is 32.2. The summed E-state index contributed by atoms with van der Waals surface area (Å²) >= 11 is 0. The van der Waals surface area contributed by atoms with E-state index >= 15 is 0 Å². The first kappa shape index (κ1) is 22.9. The van der Waals surface area contributed by atoms with Crippen molar-refractivity contribution in [3.8, 4) is 0 Å². The van der Waals surface area contributed by atoms with Crippen LogP contribution >= 0.6 is 0 Å². The van der Waals surface area contributed by atoms with E-state index in [4.69, 9.17) is 9.47 Å². The molecule has 0 saturated carbocycles. The predicted molar refractivity (Wildman–Crippen MR) is 115 cm³/mol. The maximum absolute atomic E-state index is 12.7. The van der Waals surface area contributed by atoms with Crippen molar-refractivity contribution in [3.05, 3.63) is 59.2 Å². The zero-order valence-electron chi connectivity index (χ0n) is 17.8. The highest BCUT2D eigenvalue weighted by Crippen LogP contribution is 2.20. The SMILES string of the molecule is Cc1ccc(C(=O)OC(C)C(=O)Nc2ccc(S(=O)(=O)N3CCOCC3)cc2)c(C)c1. The molecule has 1 saturated heterocycles. The number of aryl methyl sites for hydroxylation is 2. The summed E-state index contributed by atoms with van der Waals surface area (Å²) in [4.78, 5) is 24.9. The Labute approximate surface area is 182 Å². The van der Waals surface area contributed by atoms with Crippen LogP contribution in [0.25, 0.3) is 0 Å². The van der Waals surface area contributed by atoms with Gasteiger partial charge in [-0.15, -0.1) is 0 Å². The van der Waals surface area contributed by atoms with Crippen LogP contribution in [-0.4, -0.2) is 57.0 Å². The monoisotopic (exact) mass is 446 g/mol. The topological polar surface area (TPSA) is 102 Å². The molecule has 1 aliphatic rings. The fraction of sp³-hybridized carbons (Fsp3) is 0.364. The summed E-state index contributed by atoms with van der Waals surface area (Å²) in [5.41, 5.74) is 2.61. The Bertz CT molecular complexity index is 1060. The number of hydrogen-bond acceptors (Lipinski definition) is 6. The molecule has 0 radical (unpaired) electrons. The van der Waals surface area contributed by atoms with Gasteiger partial charge in [0.05, 0.1) is 23.7 Å². The maximum Gasteiger partial charge on any atom is 0.339 e. The number of carbonyl (C=O) groups is 2. The number of nitrogens with one attached hydrogen (secondary N) is 1. The van der Waals surface area contributed by atoms with Crippen LogP contribution in [0.2, 0.25) is 0 Å². The number of sulfonamides is 1. The normalized spacial score (nSPS) is 15.8. The van der Waals surface area contributed by atoms with Crippen LogP contribution in [0.4, 0.5) is 5.69 Å². The molecule has 1 unspecified atom stereocenters. The number of benzene rings is 2. The molecule has 1 aliphatic heterocycles. The first-order valence-corrected chi connectivity index (χ1v) is 11.4. The first-order chi connectivity index (χ1) is 14.7. The van der Waals surface area contributed by atoms with Gasteiger partial charge in [0, 0.05) is 18.8 Å². The largest absolute Gasteiger partial charge is 0.449 e. The van der Waals surface area contributed by atoms with Crippen LogP contribution in [0.5, 0.6) is 0 Å². The fourth-order valence-corrected chi connectivity index (χ4v) is 4.62. The minimum atomic E-state index is -3.61. The molecule has 166 valence electrons. The number of nitrogens with zero attached hydrogens (tertiary/aromatic N) is 1. The third-order valence-electron chi connectivity index (χ3n) is 4.98. The summed E-state index contributed by atoms with van der Waals surface area (Å²) < 4.78 is 37.2. The zero-order chi connectivity index (χ0) is 22.6. The van der Waals surface area contributed by atoms with Gasteiger partial charge < -0.3 is 14.8 Å². The first-order valence-electron chi connectivity index (χ1n) is 9.95. The van der Waals surface area contributed by atoms with E-state index in [-0.39, 0.29) is 4.90 Å². The zero-order valence-corrected chi connectivity index (χ0v) is 18.6. The van der Waals surface area contributed by atoms with Gasteiger partial charge in [-0.05, 0) is 56.7 Å². The molecule has 1 N–H and O–H groups in total. The number of hydrogen-bond donors (Lipinski definition) is 1. The van der Waals surface area contributed by atoms with Gasteiger partial charge >= 0.3 is 5.97 Å². The van der Waals surface area contributed by atoms with E-state index in [1.807, 2.05) is 13.0 Å². The number of esters is 1. The molecule has 0 aliphatic carbocycles. The number of anilines is 1. The second-order valence-corrected chi connectivity index (χ2v) is 9.33. The van der Waals surface area contributed by atoms with Crippen molar-refractivity contribution in [1.82, 2.24) is 4.31 Å². The van der Waals surface area contributed by atoms with Gasteiger partial charge in [0.1, 0.15) is 0 Å². The van der Waals surface area contributed by atoms with Crippen LogP contribution in [0, 0.1) is 13.8 Å². The van der Waals surface area contributed by atoms with Gasteiger partial charge in [-0.1, -0.05) is 17.7 Å². The van der Waals surface area contributed by atoms with E-state index in [0.29, 0.717) is 37.6 Å². The highest BCUT2D eigenvalue weighted by Gasteiger charge is 2.26. The summed E-state index contributed by atoms with van der Waals surface area (Å²) in [6.07, 6.45) is -1.02. The van der Waals surface area contributed by atoms with Gasteiger partial charge in [-0.2, -0.15) is 4.31 Å². The molecule has 0 aromatic heterocycles. The Morgan fingerprint density at radius 3 is 2.32 bits per heavy atom. The summed E-state index contributed by atoms with van der Waals surface area (Å²) in [6, 6.07) is 11.2. The Morgan fingerprint density at radius 2 is 1.71 bits per heavy atom. The molecular formula is C22H26N2O6S. The molecule has 2 aromatic carbocycles. The van der Waals surface area contributed by atoms with Crippen LogP contribution in [0.3, 0.4) is 0 Å². The van der Waals surface area contributed by atoms with Crippen LogP contribution < -0.4 is 5.32 Å². The Kier molecular flexibility index (Phi) is 7.09. The van der Waals surface area contributed by atoms with Gasteiger partial charge in [-0.25, -0.2) is 13.2 Å². The van der Waals surface area contributed by atoms with Gasteiger partial charge in [0.25, 0.3) is 5.91 Å². The van der Waals surface area contributed by atoms with Crippen molar-refractivity contribution < 1.29 is 27.5 Å². The molecule has 1 atom stereocenters. The Hall–Kier alpha value is -2.75. The standard InChI is InChI=1S/C22H26N2O6S/c1-15-4-9-20(16(2)14-15)22(26)30-17(3)21(25)23-18-5-7-19(8-6-18)31(27,28)24-10-12-29-13-11-24/h4-9,14,17H,10-13H2,1-3H3,(H,23,25). The van der Waals surface area contributed by atoms with E-state index in [9.17, 15) is 18.0 Å². The third kappa shape index (κ3) is 5.49. The lowest BCUT2D eigenvalue weighted by Gasteiger charge is -2.26. The average Bonchev–Trinajstić information content (AvgIpc) is 2.74. The minimum absolute atomic E-state index is 0.140. The summed E-state index contributed by atoms with van der Waals surface area (Å²) in [5, 5.41) is 2.64. The minimum Gasteiger partial charge on any atom is -0.449 e. The van der Waals surface area contributed by atoms with Crippen LogP contribution in [0.15, 0.2) is 47.4 Å². The molecule has 8 nitrogen and oxygen atoms in total. The van der Waals surface area contributed by atoms with E-state index in [1.54, 1.807) is 19.1 Å². The summed E-state index contributed by atoms with van der Waals surface area (Å²) in [6.45, 7) is 6.57. The molecule has 1 fully saturated rings. The van der Waals surface area contributed by atoms with Crippen LogP contribution in [-0.2, 0) is 24.3 Å². The Balaban J connectivity index is 1.61. The maximum atomic E-state index is 12.7. The second kappa shape index (κ2) is 9.59. The highest BCUT2D eigenvalue weighted by molar-refractivity contribution is 7.89. The van der Waals surface area contributed by atoms with Crippen molar-refractivity contribution in [2.75, 3.05) is 31.6 Å². The number of rotatable bonds is 6. The molecule has 31 heavy (non-hydrogen) atoms. The van der Waals surface area contributed by atoms with Gasteiger partial charge in [-0.3, -0.25) is 4.79 Å². The quantitative estimate of drug-likeness (QED) is 0.684. The molecule has 1 amide bonds. The van der Waals surface area contributed by atoms with E-state index < -0.39 is 28.0 Å². The lowest BCUT2D eigenvalue weighted by atomic mass is 10.1. The van der Waals surface area contributed by atoms with E-state index in [2.05, 4.69) is 5.32 Å². The molecule has 9 heteroatoms.